The van der Waals surface area contributed by atoms with Crippen molar-refractivity contribution >= 4 is 18.3 Å². The molecule has 1 atom stereocenters. The zero-order valence-corrected chi connectivity index (χ0v) is 14.0. The Labute approximate surface area is 139 Å². The number of piperidine rings is 1. The summed E-state index contributed by atoms with van der Waals surface area (Å²) >= 11 is 0. The van der Waals surface area contributed by atoms with Crippen LogP contribution in [0.15, 0.2) is 30.3 Å². The highest BCUT2D eigenvalue weighted by Crippen LogP contribution is 2.43. The van der Waals surface area contributed by atoms with E-state index in [2.05, 4.69) is 0 Å². The molecule has 1 aromatic rings. The first-order valence-electron chi connectivity index (χ1n) is 8.30. The second-order valence-corrected chi connectivity index (χ2v) is 6.81. The maximum Gasteiger partial charge on any atom is 0.244 e. The Kier molecular flexibility index (Phi) is 5.87. The molecule has 22 heavy (non-hydrogen) atoms. The molecule has 1 saturated carbocycles. The van der Waals surface area contributed by atoms with Crippen LogP contribution in [0.4, 0.5) is 0 Å². The van der Waals surface area contributed by atoms with Crippen LogP contribution in [0.5, 0.6) is 0 Å². The monoisotopic (exact) mass is 322 g/mol. The first-order chi connectivity index (χ1) is 10.2. The normalized spacial score (nSPS) is 22.0. The van der Waals surface area contributed by atoms with Gasteiger partial charge in [0.25, 0.3) is 0 Å². The summed E-state index contributed by atoms with van der Waals surface area (Å²) in [5.41, 5.74) is 7.51. The lowest BCUT2D eigenvalue weighted by Gasteiger charge is -2.45. The van der Waals surface area contributed by atoms with Crippen molar-refractivity contribution in [2.45, 2.75) is 51.0 Å². The number of halogens is 1. The van der Waals surface area contributed by atoms with Crippen molar-refractivity contribution in [2.75, 3.05) is 13.1 Å². The number of rotatable bonds is 2. The Morgan fingerprint density at radius 1 is 1.05 bits per heavy atom. The van der Waals surface area contributed by atoms with Crippen LogP contribution in [0.2, 0.25) is 0 Å². The van der Waals surface area contributed by atoms with Crippen LogP contribution in [-0.2, 0) is 4.79 Å². The van der Waals surface area contributed by atoms with E-state index in [0.717, 1.165) is 25.1 Å². The molecule has 3 rings (SSSR count). The standard InChI is InChI=1S/C18H26N2O.ClH/c19-16(15-8-3-1-4-9-15)17(21)20-13-7-12-18(14-20)10-5-2-6-11-18;/h1,3-4,8-9,16H,2,5-7,10-14,19H2;1H. The number of nitrogens with zero attached hydrogens (tertiary/aromatic N) is 1. The Hall–Kier alpha value is -1.06. The average Bonchev–Trinajstić information content (AvgIpc) is 2.55. The third-order valence-electron chi connectivity index (χ3n) is 5.31. The third kappa shape index (κ3) is 3.64. The fraction of sp³-hybridized carbons (Fsp3) is 0.611. The van der Waals surface area contributed by atoms with E-state index < -0.39 is 6.04 Å². The van der Waals surface area contributed by atoms with E-state index in [4.69, 9.17) is 5.73 Å². The van der Waals surface area contributed by atoms with Crippen LogP contribution < -0.4 is 5.73 Å². The molecule has 1 saturated heterocycles. The van der Waals surface area contributed by atoms with Crippen molar-refractivity contribution in [1.29, 1.82) is 0 Å². The molecule has 122 valence electrons. The molecule has 1 aliphatic heterocycles. The van der Waals surface area contributed by atoms with Gasteiger partial charge in [0.05, 0.1) is 0 Å². The Morgan fingerprint density at radius 2 is 1.68 bits per heavy atom. The number of benzene rings is 1. The number of likely N-dealkylation sites (tertiary alicyclic amines) is 1. The quantitative estimate of drug-likeness (QED) is 0.902. The zero-order chi connectivity index (χ0) is 14.7. The molecule has 1 aromatic carbocycles. The van der Waals surface area contributed by atoms with Crippen molar-refractivity contribution in [2.24, 2.45) is 11.1 Å². The molecule has 1 aliphatic carbocycles. The van der Waals surface area contributed by atoms with Crippen molar-refractivity contribution in [3.63, 3.8) is 0 Å². The van der Waals surface area contributed by atoms with Crippen LogP contribution in [-0.4, -0.2) is 23.9 Å². The number of hydrogen-bond donors (Lipinski definition) is 1. The topological polar surface area (TPSA) is 46.3 Å². The molecule has 1 spiro atoms. The fourth-order valence-corrected chi connectivity index (χ4v) is 4.11. The van der Waals surface area contributed by atoms with Gasteiger partial charge in [0.2, 0.25) is 5.91 Å². The number of carbonyl (C=O) groups excluding carboxylic acids is 1. The lowest BCUT2D eigenvalue weighted by atomic mass is 9.69. The van der Waals surface area contributed by atoms with Crippen molar-refractivity contribution < 1.29 is 4.79 Å². The summed E-state index contributed by atoms with van der Waals surface area (Å²) in [6.45, 7) is 1.80. The zero-order valence-electron chi connectivity index (χ0n) is 13.2. The summed E-state index contributed by atoms with van der Waals surface area (Å²) < 4.78 is 0. The molecule has 2 aliphatic rings. The highest BCUT2D eigenvalue weighted by Gasteiger charge is 2.38. The molecular weight excluding hydrogens is 296 g/mol. The van der Waals surface area contributed by atoms with E-state index in [1.54, 1.807) is 0 Å². The van der Waals surface area contributed by atoms with Gasteiger partial charge in [-0.1, -0.05) is 49.6 Å². The highest BCUT2D eigenvalue weighted by atomic mass is 35.5. The molecule has 1 unspecified atom stereocenters. The van der Waals surface area contributed by atoms with Crippen LogP contribution >= 0.6 is 12.4 Å². The number of carbonyl (C=O) groups is 1. The van der Waals surface area contributed by atoms with Gasteiger partial charge >= 0.3 is 0 Å². The summed E-state index contributed by atoms with van der Waals surface area (Å²) in [4.78, 5) is 14.8. The van der Waals surface area contributed by atoms with E-state index in [0.29, 0.717) is 5.41 Å². The summed E-state index contributed by atoms with van der Waals surface area (Å²) in [5.74, 6) is 0.103. The smallest absolute Gasteiger partial charge is 0.244 e. The highest BCUT2D eigenvalue weighted by molar-refractivity contribution is 5.85. The maximum atomic E-state index is 12.7. The second-order valence-electron chi connectivity index (χ2n) is 6.81. The minimum absolute atomic E-state index is 0. The largest absolute Gasteiger partial charge is 0.340 e. The fourth-order valence-electron chi connectivity index (χ4n) is 4.11. The minimum atomic E-state index is -0.509. The van der Waals surface area contributed by atoms with Crippen LogP contribution in [0.1, 0.15) is 56.6 Å². The van der Waals surface area contributed by atoms with E-state index in [9.17, 15) is 4.79 Å². The molecular formula is C18H27ClN2O. The predicted octanol–water partition coefficient (Wildman–Crippen LogP) is 3.68. The number of amides is 1. The Morgan fingerprint density at radius 3 is 2.36 bits per heavy atom. The van der Waals surface area contributed by atoms with E-state index >= 15 is 0 Å². The lowest BCUT2D eigenvalue weighted by Crippen LogP contribution is -2.49. The van der Waals surface area contributed by atoms with Gasteiger partial charge < -0.3 is 10.6 Å². The van der Waals surface area contributed by atoms with Crippen LogP contribution in [0.25, 0.3) is 0 Å². The van der Waals surface area contributed by atoms with Gasteiger partial charge in [-0.3, -0.25) is 4.79 Å². The molecule has 3 nitrogen and oxygen atoms in total. The molecule has 0 aromatic heterocycles. The molecule has 2 N–H and O–H groups in total. The van der Waals surface area contributed by atoms with Gasteiger partial charge in [-0.25, -0.2) is 0 Å². The first kappa shape index (κ1) is 17.3. The van der Waals surface area contributed by atoms with E-state index in [1.807, 2.05) is 35.2 Å². The van der Waals surface area contributed by atoms with Gasteiger partial charge in [0.15, 0.2) is 0 Å². The van der Waals surface area contributed by atoms with Crippen molar-refractivity contribution in [1.82, 2.24) is 4.90 Å². The van der Waals surface area contributed by atoms with E-state index in [1.165, 1.54) is 38.5 Å². The van der Waals surface area contributed by atoms with Gasteiger partial charge in [0.1, 0.15) is 6.04 Å². The van der Waals surface area contributed by atoms with Crippen molar-refractivity contribution in [3.05, 3.63) is 35.9 Å². The number of hydrogen-bond acceptors (Lipinski definition) is 2. The molecule has 2 fully saturated rings. The summed E-state index contributed by atoms with van der Waals surface area (Å²) in [7, 11) is 0. The summed E-state index contributed by atoms with van der Waals surface area (Å²) in [5, 5.41) is 0. The lowest BCUT2D eigenvalue weighted by molar-refractivity contribution is -0.137. The molecule has 0 radical (unpaired) electrons. The summed E-state index contributed by atoms with van der Waals surface area (Å²) in [6.07, 6.45) is 9.01. The van der Waals surface area contributed by atoms with Gasteiger partial charge in [-0.2, -0.15) is 0 Å². The number of nitrogens with two attached hydrogens (primary N) is 1. The van der Waals surface area contributed by atoms with Crippen LogP contribution in [0.3, 0.4) is 0 Å². The second kappa shape index (κ2) is 7.47. The molecule has 1 amide bonds. The van der Waals surface area contributed by atoms with Gasteiger partial charge in [0, 0.05) is 13.1 Å². The van der Waals surface area contributed by atoms with E-state index in [-0.39, 0.29) is 18.3 Å². The van der Waals surface area contributed by atoms with Crippen LogP contribution in [0, 0.1) is 5.41 Å². The Bertz CT molecular complexity index is 480. The third-order valence-corrected chi connectivity index (χ3v) is 5.31. The predicted molar refractivity (Wildman–Crippen MR) is 92.0 cm³/mol. The minimum Gasteiger partial charge on any atom is -0.340 e. The molecule has 1 heterocycles. The average molecular weight is 323 g/mol. The molecule has 4 heteroatoms. The first-order valence-corrected chi connectivity index (χ1v) is 8.30. The maximum absolute atomic E-state index is 12.7. The Balaban J connectivity index is 0.00000176. The summed E-state index contributed by atoms with van der Waals surface area (Å²) in [6, 6.07) is 9.23. The van der Waals surface area contributed by atoms with Crippen molar-refractivity contribution in [3.8, 4) is 0 Å². The molecule has 0 bridgehead atoms. The SMILES string of the molecule is Cl.NC(C(=O)N1CCCC2(CCCCC2)C1)c1ccccc1. The van der Waals surface area contributed by atoms with Gasteiger partial charge in [-0.15, -0.1) is 12.4 Å². The van der Waals surface area contributed by atoms with Gasteiger partial charge in [-0.05, 0) is 36.7 Å².